The zero-order valence-electron chi connectivity index (χ0n) is 9.86. The van der Waals surface area contributed by atoms with Crippen LogP contribution in [0.5, 0.6) is 0 Å². The number of hydrogen-bond donors (Lipinski definition) is 1. The molecule has 2 atom stereocenters. The van der Waals surface area contributed by atoms with Crippen LogP contribution in [0.15, 0.2) is 0 Å². The van der Waals surface area contributed by atoms with Crippen LogP contribution < -0.4 is 5.32 Å². The summed E-state index contributed by atoms with van der Waals surface area (Å²) in [7, 11) is -1.11. The van der Waals surface area contributed by atoms with Crippen molar-refractivity contribution in [3.8, 4) is 0 Å². The lowest BCUT2D eigenvalue weighted by molar-refractivity contribution is 0.229. The van der Waals surface area contributed by atoms with Crippen LogP contribution in [-0.2, 0) is 10.0 Å². The standard InChI is InChI=1S/C10H22N2O2S/c1-4-7-15(13,14)12-6-5-9(2)10(8-12)11-3/h9-11H,4-8H2,1-3H3. The Balaban J connectivity index is 2.66. The van der Waals surface area contributed by atoms with Crippen molar-refractivity contribution >= 4 is 10.0 Å². The van der Waals surface area contributed by atoms with Crippen molar-refractivity contribution in [3.05, 3.63) is 0 Å². The van der Waals surface area contributed by atoms with Gasteiger partial charge in [-0.2, -0.15) is 0 Å². The number of piperidine rings is 1. The third-order valence-electron chi connectivity index (χ3n) is 3.15. The summed E-state index contributed by atoms with van der Waals surface area (Å²) in [6.45, 7) is 5.38. The Bertz CT molecular complexity index is 290. The monoisotopic (exact) mass is 234 g/mol. The second-order valence-electron chi connectivity index (χ2n) is 4.34. The van der Waals surface area contributed by atoms with Crippen LogP contribution in [0.2, 0.25) is 0 Å². The summed E-state index contributed by atoms with van der Waals surface area (Å²) in [5.41, 5.74) is 0. The average molecular weight is 234 g/mol. The summed E-state index contributed by atoms with van der Waals surface area (Å²) in [4.78, 5) is 0. The Labute approximate surface area is 93.1 Å². The van der Waals surface area contributed by atoms with Crippen LogP contribution >= 0.6 is 0 Å². The van der Waals surface area contributed by atoms with Gasteiger partial charge < -0.3 is 5.32 Å². The summed E-state index contributed by atoms with van der Waals surface area (Å²) in [6.07, 6.45) is 1.65. The van der Waals surface area contributed by atoms with E-state index in [2.05, 4.69) is 12.2 Å². The number of nitrogens with one attached hydrogen (secondary N) is 1. The van der Waals surface area contributed by atoms with Crippen molar-refractivity contribution in [3.63, 3.8) is 0 Å². The van der Waals surface area contributed by atoms with Gasteiger partial charge in [0.15, 0.2) is 0 Å². The average Bonchev–Trinajstić information content (AvgIpc) is 2.18. The van der Waals surface area contributed by atoms with E-state index in [4.69, 9.17) is 0 Å². The molecule has 15 heavy (non-hydrogen) atoms. The van der Waals surface area contributed by atoms with E-state index in [1.165, 1.54) is 0 Å². The number of hydrogen-bond acceptors (Lipinski definition) is 3. The normalized spacial score (nSPS) is 29.3. The molecule has 0 bridgehead atoms. The number of nitrogens with zero attached hydrogens (tertiary/aromatic N) is 1. The highest BCUT2D eigenvalue weighted by Crippen LogP contribution is 2.19. The van der Waals surface area contributed by atoms with E-state index in [1.807, 2.05) is 14.0 Å². The van der Waals surface area contributed by atoms with E-state index in [0.29, 0.717) is 31.5 Å². The topological polar surface area (TPSA) is 49.4 Å². The third-order valence-corrected chi connectivity index (χ3v) is 5.19. The van der Waals surface area contributed by atoms with Crippen molar-refractivity contribution < 1.29 is 8.42 Å². The molecule has 2 unspecified atom stereocenters. The molecule has 0 aromatic rings. The summed E-state index contributed by atoms with van der Waals surface area (Å²) in [5.74, 6) is 0.834. The van der Waals surface area contributed by atoms with Crippen LogP contribution in [0.3, 0.4) is 0 Å². The van der Waals surface area contributed by atoms with Gasteiger partial charge in [-0.3, -0.25) is 0 Å². The van der Waals surface area contributed by atoms with Gasteiger partial charge in [0, 0.05) is 19.1 Å². The minimum absolute atomic E-state index is 0.276. The summed E-state index contributed by atoms with van der Waals surface area (Å²) in [5, 5.41) is 3.19. The molecule has 1 rings (SSSR count). The fourth-order valence-electron chi connectivity index (χ4n) is 2.05. The molecular formula is C10H22N2O2S. The predicted molar refractivity (Wildman–Crippen MR) is 62.3 cm³/mol. The second kappa shape index (κ2) is 5.27. The first-order chi connectivity index (χ1) is 7.01. The lowest BCUT2D eigenvalue weighted by atomic mass is 9.95. The molecule has 1 heterocycles. The zero-order chi connectivity index (χ0) is 11.5. The van der Waals surface area contributed by atoms with Crippen molar-refractivity contribution in [2.45, 2.75) is 32.7 Å². The van der Waals surface area contributed by atoms with Crippen LogP contribution in [-0.4, -0.2) is 44.7 Å². The molecule has 1 aliphatic heterocycles. The molecule has 1 N–H and O–H groups in total. The maximum absolute atomic E-state index is 11.9. The second-order valence-corrected chi connectivity index (χ2v) is 6.42. The zero-order valence-corrected chi connectivity index (χ0v) is 10.7. The first kappa shape index (κ1) is 12.9. The highest BCUT2D eigenvalue weighted by atomic mass is 32.2. The number of likely N-dealkylation sites (N-methyl/N-ethyl adjacent to an activating group) is 1. The fraction of sp³-hybridized carbons (Fsp3) is 1.00. The minimum Gasteiger partial charge on any atom is -0.315 e. The van der Waals surface area contributed by atoms with Crippen molar-refractivity contribution in [1.29, 1.82) is 0 Å². The molecule has 0 aromatic heterocycles. The third kappa shape index (κ3) is 3.16. The molecule has 90 valence electrons. The molecule has 1 fully saturated rings. The Morgan fingerprint density at radius 1 is 1.47 bits per heavy atom. The Morgan fingerprint density at radius 3 is 2.67 bits per heavy atom. The van der Waals surface area contributed by atoms with E-state index >= 15 is 0 Å². The smallest absolute Gasteiger partial charge is 0.214 e. The minimum atomic E-state index is -3.01. The van der Waals surface area contributed by atoms with E-state index < -0.39 is 10.0 Å². The van der Waals surface area contributed by atoms with Gasteiger partial charge in [0.2, 0.25) is 10.0 Å². The van der Waals surface area contributed by atoms with Gasteiger partial charge >= 0.3 is 0 Å². The Kier molecular flexibility index (Phi) is 4.55. The molecule has 4 nitrogen and oxygen atoms in total. The lowest BCUT2D eigenvalue weighted by Gasteiger charge is -2.36. The van der Waals surface area contributed by atoms with Crippen molar-refractivity contribution in [2.24, 2.45) is 5.92 Å². The van der Waals surface area contributed by atoms with Crippen LogP contribution in [0, 0.1) is 5.92 Å². The van der Waals surface area contributed by atoms with Gasteiger partial charge in [0.05, 0.1) is 5.75 Å². The molecule has 1 aliphatic rings. The van der Waals surface area contributed by atoms with Gasteiger partial charge in [-0.1, -0.05) is 13.8 Å². The number of sulfonamides is 1. The maximum atomic E-state index is 11.9. The van der Waals surface area contributed by atoms with Crippen molar-refractivity contribution in [1.82, 2.24) is 9.62 Å². The first-order valence-electron chi connectivity index (χ1n) is 5.66. The molecule has 0 aliphatic carbocycles. The summed E-state index contributed by atoms with van der Waals surface area (Å²) in [6, 6.07) is 0.297. The SMILES string of the molecule is CCCS(=O)(=O)N1CCC(C)C(NC)C1. The van der Waals surface area contributed by atoms with E-state index in [1.54, 1.807) is 4.31 Å². The first-order valence-corrected chi connectivity index (χ1v) is 7.27. The largest absolute Gasteiger partial charge is 0.315 e. The van der Waals surface area contributed by atoms with E-state index in [9.17, 15) is 8.42 Å². The van der Waals surface area contributed by atoms with Gasteiger partial charge in [-0.15, -0.1) is 0 Å². The lowest BCUT2D eigenvalue weighted by Crippen LogP contribution is -2.51. The predicted octanol–water partition coefficient (Wildman–Crippen LogP) is 0.656. The van der Waals surface area contributed by atoms with Gasteiger partial charge in [-0.05, 0) is 25.8 Å². The fourth-order valence-corrected chi connectivity index (χ4v) is 3.60. The quantitative estimate of drug-likeness (QED) is 0.777. The van der Waals surface area contributed by atoms with Crippen LogP contribution in [0.4, 0.5) is 0 Å². The molecule has 0 aromatic carbocycles. The number of rotatable bonds is 4. The van der Waals surface area contributed by atoms with Crippen LogP contribution in [0.25, 0.3) is 0 Å². The highest BCUT2D eigenvalue weighted by Gasteiger charge is 2.31. The summed E-state index contributed by atoms with van der Waals surface area (Å²) >= 11 is 0. The van der Waals surface area contributed by atoms with Gasteiger partial charge in [0.25, 0.3) is 0 Å². The highest BCUT2D eigenvalue weighted by molar-refractivity contribution is 7.89. The Hall–Kier alpha value is -0.130. The van der Waals surface area contributed by atoms with Crippen molar-refractivity contribution in [2.75, 3.05) is 25.9 Å². The molecular weight excluding hydrogens is 212 g/mol. The molecule has 1 saturated heterocycles. The van der Waals surface area contributed by atoms with Crippen LogP contribution in [0.1, 0.15) is 26.7 Å². The van der Waals surface area contributed by atoms with E-state index in [-0.39, 0.29) is 5.75 Å². The van der Waals surface area contributed by atoms with E-state index in [0.717, 1.165) is 6.42 Å². The molecule has 5 heteroatoms. The van der Waals surface area contributed by atoms with Gasteiger partial charge in [0.1, 0.15) is 0 Å². The Morgan fingerprint density at radius 2 is 2.13 bits per heavy atom. The van der Waals surface area contributed by atoms with Gasteiger partial charge in [-0.25, -0.2) is 12.7 Å². The summed E-state index contributed by atoms with van der Waals surface area (Å²) < 4.78 is 25.3. The molecule has 0 spiro atoms. The maximum Gasteiger partial charge on any atom is 0.214 e. The molecule has 0 saturated carbocycles. The molecule has 0 radical (unpaired) electrons. The molecule has 0 amide bonds.